The van der Waals surface area contributed by atoms with E-state index in [1.54, 1.807) is 0 Å². The number of aryl methyl sites for hydroxylation is 1. The van der Waals surface area contributed by atoms with Crippen LogP contribution in [0.4, 0.5) is 0 Å². The fourth-order valence-corrected chi connectivity index (χ4v) is 0.808. The summed E-state index contributed by atoms with van der Waals surface area (Å²) >= 11 is 0. The van der Waals surface area contributed by atoms with Crippen molar-refractivity contribution in [2.45, 2.75) is 19.8 Å². The van der Waals surface area contributed by atoms with Gasteiger partial charge in [0.05, 0.1) is 6.61 Å². The van der Waals surface area contributed by atoms with Crippen molar-refractivity contribution < 1.29 is 9.52 Å². The van der Waals surface area contributed by atoms with Crippen molar-refractivity contribution in [3.05, 3.63) is 23.7 Å². The third kappa shape index (κ3) is 1.39. The van der Waals surface area contributed by atoms with E-state index in [0.717, 1.165) is 11.5 Å². The Balaban J connectivity index is 2.74. The molecule has 56 valence electrons. The summed E-state index contributed by atoms with van der Waals surface area (Å²) in [5, 5.41) is 8.74. The molecular formula is C8H12O2. The number of hydrogen-bond donors (Lipinski definition) is 1. The summed E-state index contributed by atoms with van der Waals surface area (Å²) in [6, 6.07) is 3.80. The van der Waals surface area contributed by atoms with E-state index in [1.165, 1.54) is 0 Å². The molecule has 1 unspecified atom stereocenters. The van der Waals surface area contributed by atoms with Crippen LogP contribution in [0.5, 0.6) is 0 Å². The minimum atomic E-state index is 0.119. The van der Waals surface area contributed by atoms with Gasteiger partial charge in [-0.25, -0.2) is 0 Å². The van der Waals surface area contributed by atoms with E-state index in [-0.39, 0.29) is 12.5 Å². The van der Waals surface area contributed by atoms with Gasteiger partial charge >= 0.3 is 0 Å². The van der Waals surface area contributed by atoms with Crippen LogP contribution in [0.15, 0.2) is 16.5 Å². The molecule has 0 aromatic carbocycles. The smallest absolute Gasteiger partial charge is 0.109 e. The Bertz CT molecular complexity index is 203. The number of rotatable bonds is 2. The molecule has 0 amide bonds. The van der Waals surface area contributed by atoms with Crippen molar-refractivity contribution >= 4 is 0 Å². The minimum absolute atomic E-state index is 0.119. The number of furan rings is 1. The maximum atomic E-state index is 8.74. The molecular weight excluding hydrogens is 128 g/mol. The first-order valence-electron chi connectivity index (χ1n) is 3.41. The second-order valence-corrected chi connectivity index (χ2v) is 2.53. The first-order valence-corrected chi connectivity index (χ1v) is 3.41. The Hall–Kier alpha value is -0.760. The van der Waals surface area contributed by atoms with E-state index in [9.17, 15) is 0 Å². The monoisotopic (exact) mass is 140 g/mol. The van der Waals surface area contributed by atoms with Crippen LogP contribution in [0.1, 0.15) is 24.4 Å². The third-order valence-electron chi connectivity index (χ3n) is 1.52. The van der Waals surface area contributed by atoms with Gasteiger partial charge in [0, 0.05) is 5.92 Å². The summed E-state index contributed by atoms with van der Waals surface area (Å²) in [5.74, 6) is 1.88. The maximum Gasteiger partial charge on any atom is 0.109 e. The first-order chi connectivity index (χ1) is 4.74. The lowest BCUT2D eigenvalue weighted by molar-refractivity contribution is 0.256. The zero-order chi connectivity index (χ0) is 7.56. The van der Waals surface area contributed by atoms with Crippen molar-refractivity contribution in [3.63, 3.8) is 0 Å². The molecule has 0 bridgehead atoms. The normalized spacial score (nSPS) is 13.5. The predicted molar refractivity (Wildman–Crippen MR) is 38.9 cm³/mol. The van der Waals surface area contributed by atoms with Gasteiger partial charge in [-0.3, -0.25) is 0 Å². The Morgan fingerprint density at radius 1 is 1.60 bits per heavy atom. The molecule has 10 heavy (non-hydrogen) atoms. The van der Waals surface area contributed by atoms with Gasteiger partial charge in [-0.05, 0) is 19.1 Å². The van der Waals surface area contributed by atoms with Gasteiger partial charge in [-0.1, -0.05) is 6.92 Å². The molecule has 2 nitrogen and oxygen atoms in total. The van der Waals surface area contributed by atoms with E-state index in [1.807, 2.05) is 26.0 Å². The van der Waals surface area contributed by atoms with Gasteiger partial charge in [0.1, 0.15) is 11.5 Å². The van der Waals surface area contributed by atoms with Crippen LogP contribution < -0.4 is 0 Å². The average Bonchev–Trinajstić information content (AvgIpc) is 2.34. The van der Waals surface area contributed by atoms with E-state index in [0.29, 0.717) is 0 Å². The summed E-state index contributed by atoms with van der Waals surface area (Å²) in [6.45, 7) is 3.97. The molecule has 1 aromatic rings. The Kier molecular flexibility index (Phi) is 2.12. The zero-order valence-corrected chi connectivity index (χ0v) is 6.29. The van der Waals surface area contributed by atoms with Gasteiger partial charge < -0.3 is 9.52 Å². The molecule has 1 aromatic heterocycles. The van der Waals surface area contributed by atoms with Crippen LogP contribution in [0.3, 0.4) is 0 Å². The topological polar surface area (TPSA) is 33.4 Å². The van der Waals surface area contributed by atoms with Crippen molar-refractivity contribution in [1.29, 1.82) is 0 Å². The van der Waals surface area contributed by atoms with Crippen LogP contribution in [0.25, 0.3) is 0 Å². The molecule has 1 N–H and O–H groups in total. The fourth-order valence-electron chi connectivity index (χ4n) is 0.808. The molecule has 0 aliphatic carbocycles. The molecule has 1 atom stereocenters. The standard InChI is InChI=1S/C8H12O2/c1-6(5-9)8-4-3-7(2)10-8/h3-4,6,9H,5H2,1-2H3. The van der Waals surface area contributed by atoms with Gasteiger partial charge in [-0.2, -0.15) is 0 Å². The summed E-state index contributed by atoms with van der Waals surface area (Å²) in [4.78, 5) is 0. The van der Waals surface area contributed by atoms with Crippen LogP contribution in [-0.2, 0) is 0 Å². The molecule has 0 aliphatic rings. The molecule has 0 radical (unpaired) electrons. The largest absolute Gasteiger partial charge is 0.466 e. The van der Waals surface area contributed by atoms with Gasteiger partial charge in [0.25, 0.3) is 0 Å². The van der Waals surface area contributed by atoms with Gasteiger partial charge in [0.15, 0.2) is 0 Å². The molecule has 0 fully saturated rings. The lowest BCUT2D eigenvalue weighted by Gasteiger charge is -2.01. The predicted octanol–water partition coefficient (Wildman–Crippen LogP) is 1.68. The van der Waals surface area contributed by atoms with E-state index < -0.39 is 0 Å². The number of hydrogen-bond acceptors (Lipinski definition) is 2. The third-order valence-corrected chi connectivity index (χ3v) is 1.52. The highest BCUT2D eigenvalue weighted by Gasteiger charge is 2.06. The highest BCUT2D eigenvalue weighted by molar-refractivity contribution is 5.09. The van der Waals surface area contributed by atoms with Crippen molar-refractivity contribution in [2.24, 2.45) is 0 Å². The average molecular weight is 140 g/mol. The zero-order valence-electron chi connectivity index (χ0n) is 6.29. The van der Waals surface area contributed by atoms with Crippen molar-refractivity contribution in [2.75, 3.05) is 6.61 Å². The van der Waals surface area contributed by atoms with Crippen LogP contribution in [0.2, 0.25) is 0 Å². The molecule has 1 rings (SSSR count). The number of aliphatic hydroxyl groups excluding tert-OH is 1. The van der Waals surface area contributed by atoms with E-state index in [4.69, 9.17) is 9.52 Å². The Morgan fingerprint density at radius 3 is 2.70 bits per heavy atom. The van der Waals surface area contributed by atoms with Gasteiger partial charge in [-0.15, -0.1) is 0 Å². The molecule has 0 saturated heterocycles. The molecule has 1 heterocycles. The highest BCUT2D eigenvalue weighted by Crippen LogP contribution is 2.16. The maximum absolute atomic E-state index is 8.74. The highest BCUT2D eigenvalue weighted by atomic mass is 16.3. The second-order valence-electron chi connectivity index (χ2n) is 2.53. The summed E-state index contributed by atoms with van der Waals surface area (Å²) < 4.78 is 5.28. The molecule has 0 aliphatic heterocycles. The summed E-state index contributed by atoms with van der Waals surface area (Å²) in [6.07, 6.45) is 0. The SMILES string of the molecule is Cc1ccc(C(C)CO)o1. The van der Waals surface area contributed by atoms with Gasteiger partial charge in [0.2, 0.25) is 0 Å². The lowest BCUT2D eigenvalue weighted by Crippen LogP contribution is -1.95. The lowest BCUT2D eigenvalue weighted by atomic mass is 10.1. The van der Waals surface area contributed by atoms with Crippen molar-refractivity contribution in [1.82, 2.24) is 0 Å². The van der Waals surface area contributed by atoms with Crippen LogP contribution in [-0.4, -0.2) is 11.7 Å². The summed E-state index contributed by atoms with van der Waals surface area (Å²) in [7, 11) is 0. The van der Waals surface area contributed by atoms with Crippen LogP contribution >= 0.6 is 0 Å². The fraction of sp³-hybridized carbons (Fsp3) is 0.500. The van der Waals surface area contributed by atoms with Crippen molar-refractivity contribution in [3.8, 4) is 0 Å². The summed E-state index contributed by atoms with van der Waals surface area (Å²) in [5.41, 5.74) is 0. The molecule has 2 heteroatoms. The van der Waals surface area contributed by atoms with E-state index >= 15 is 0 Å². The minimum Gasteiger partial charge on any atom is -0.466 e. The quantitative estimate of drug-likeness (QED) is 0.678. The molecule has 0 saturated carbocycles. The van der Waals surface area contributed by atoms with Crippen LogP contribution in [0, 0.1) is 6.92 Å². The number of aliphatic hydroxyl groups is 1. The molecule has 0 spiro atoms. The first kappa shape index (κ1) is 7.35. The second kappa shape index (κ2) is 2.88. The Morgan fingerprint density at radius 2 is 2.30 bits per heavy atom. The van der Waals surface area contributed by atoms with E-state index in [2.05, 4.69) is 0 Å². The Labute approximate surface area is 60.5 Å².